The molecule has 1 aliphatic carbocycles. The molecule has 0 aromatic heterocycles. The zero-order valence-electron chi connectivity index (χ0n) is 10.7. The average Bonchev–Trinajstić information content (AvgIpc) is 2.35. The second kappa shape index (κ2) is 6.87. The maximum atomic E-state index is 5.41. The smallest absolute Gasteiger partial charge is 0.122 e. The highest BCUT2D eigenvalue weighted by molar-refractivity contribution is 5.85. The van der Waals surface area contributed by atoms with Crippen molar-refractivity contribution in [3.05, 3.63) is 29.3 Å². The maximum absolute atomic E-state index is 5.41. The average molecular weight is 256 g/mol. The van der Waals surface area contributed by atoms with Crippen LogP contribution < -0.4 is 10.1 Å². The molecule has 1 aromatic carbocycles. The fraction of sp³-hybridized carbons (Fsp3) is 0.571. The summed E-state index contributed by atoms with van der Waals surface area (Å²) in [5.41, 5.74) is 2.87. The standard InChI is InChI=1S/C14H21NO.ClH/c1-3-9-15-12-7-8-13-11(10-12)5-4-6-14(13)16-2;/h4-6,12,15H,3,7-10H2,1-2H3;1H. The van der Waals surface area contributed by atoms with E-state index in [4.69, 9.17) is 4.74 Å². The molecule has 1 atom stereocenters. The van der Waals surface area contributed by atoms with Crippen molar-refractivity contribution < 1.29 is 4.74 Å². The lowest BCUT2D eigenvalue weighted by atomic mass is 9.87. The van der Waals surface area contributed by atoms with E-state index >= 15 is 0 Å². The summed E-state index contributed by atoms with van der Waals surface area (Å²) in [5.74, 6) is 1.06. The van der Waals surface area contributed by atoms with Gasteiger partial charge in [-0.1, -0.05) is 19.1 Å². The number of rotatable bonds is 4. The van der Waals surface area contributed by atoms with E-state index in [1.165, 1.54) is 24.0 Å². The highest BCUT2D eigenvalue weighted by Gasteiger charge is 2.20. The third-order valence-corrected chi connectivity index (χ3v) is 3.34. The Morgan fingerprint density at radius 2 is 2.24 bits per heavy atom. The number of nitrogens with one attached hydrogen (secondary N) is 1. The lowest BCUT2D eigenvalue weighted by molar-refractivity contribution is 0.397. The molecular weight excluding hydrogens is 234 g/mol. The van der Waals surface area contributed by atoms with E-state index < -0.39 is 0 Å². The van der Waals surface area contributed by atoms with Crippen LogP contribution in [0, 0.1) is 0 Å². The molecule has 0 radical (unpaired) electrons. The fourth-order valence-electron chi connectivity index (χ4n) is 2.49. The molecule has 2 rings (SSSR count). The molecule has 96 valence electrons. The van der Waals surface area contributed by atoms with Crippen LogP contribution in [0.4, 0.5) is 0 Å². The van der Waals surface area contributed by atoms with Gasteiger partial charge >= 0.3 is 0 Å². The van der Waals surface area contributed by atoms with Gasteiger partial charge in [0.2, 0.25) is 0 Å². The molecule has 0 spiro atoms. The van der Waals surface area contributed by atoms with Crippen molar-refractivity contribution >= 4 is 12.4 Å². The molecule has 0 heterocycles. The Balaban J connectivity index is 0.00000144. The highest BCUT2D eigenvalue weighted by Crippen LogP contribution is 2.29. The minimum Gasteiger partial charge on any atom is -0.496 e. The molecule has 3 heteroatoms. The summed E-state index contributed by atoms with van der Waals surface area (Å²) in [4.78, 5) is 0. The summed E-state index contributed by atoms with van der Waals surface area (Å²) in [6.07, 6.45) is 4.72. The largest absolute Gasteiger partial charge is 0.496 e. The van der Waals surface area contributed by atoms with Crippen molar-refractivity contribution in [3.8, 4) is 5.75 Å². The molecule has 0 saturated heterocycles. The zero-order valence-corrected chi connectivity index (χ0v) is 11.5. The molecule has 1 aliphatic rings. The van der Waals surface area contributed by atoms with Crippen molar-refractivity contribution in [2.45, 2.75) is 38.6 Å². The van der Waals surface area contributed by atoms with Crippen molar-refractivity contribution in [1.29, 1.82) is 0 Å². The topological polar surface area (TPSA) is 21.3 Å². The van der Waals surface area contributed by atoms with Crippen LogP contribution in [0.5, 0.6) is 5.75 Å². The minimum absolute atomic E-state index is 0. The van der Waals surface area contributed by atoms with Crippen LogP contribution in [-0.4, -0.2) is 19.7 Å². The van der Waals surface area contributed by atoms with Gasteiger partial charge in [0.25, 0.3) is 0 Å². The van der Waals surface area contributed by atoms with Crippen LogP contribution >= 0.6 is 12.4 Å². The quantitative estimate of drug-likeness (QED) is 0.893. The van der Waals surface area contributed by atoms with Crippen LogP contribution in [-0.2, 0) is 12.8 Å². The van der Waals surface area contributed by atoms with Gasteiger partial charge in [0.1, 0.15) is 5.75 Å². The number of hydrogen-bond donors (Lipinski definition) is 1. The van der Waals surface area contributed by atoms with Gasteiger partial charge in [0.05, 0.1) is 7.11 Å². The third kappa shape index (κ3) is 3.36. The Morgan fingerprint density at radius 1 is 1.41 bits per heavy atom. The number of halogens is 1. The van der Waals surface area contributed by atoms with Crippen LogP contribution in [0.3, 0.4) is 0 Å². The molecule has 1 aromatic rings. The first-order valence-electron chi connectivity index (χ1n) is 6.23. The van der Waals surface area contributed by atoms with Gasteiger partial charge in [-0.15, -0.1) is 12.4 Å². The predicted molar refractivity (Wildman–Crippen MR) is 74.3 cm³/mol. The van der Waals surface area contributed by atoms with Gasteiger partial charge in [-0.05, 0) is 49.4 Å². The molecule has 2 nitrogen and oxygen atoms in total. The lowest BCUT2D eigenvalue weighted by Crippen LogP contribution is -2.35. The zero-order chi connectivity index (χ0) is 11.4. The molecule has 0 aliphatic heterocycles. The van der Waals surface area contributed by atoms with E-state index in [-0.39, 0.29) is 12.4 Å². The van der Waals surface area contributed by atoms with E-state index in [2.05, 4.69) is 30.4 Å². The summed E-state index contributed by atoms with van der Waals surface area (Å²) in [6.45, 7) is 3.34. The monoisotopic (exact) mass is 255 g/mol. The second-order valence-electron chi connectivity index (χ2n) is 4.49. The number of hydrogen-bond acceptors (Lipinski definition) is 2. The van der Waals surface area contributed by atoms with Crippen molar-refractivity contribution in [2.75, 3.05) is 13.7 Å². The molecule has 0 saturated carbocycles. The maximum Gasteiger partial charge on any atom is 0.122 e. The fourth-order valence-corrected chi connectivity index (χ4v) is 2.49. The van der Waals surface area contributed by atoms with Gasteiger partial charge in [0.15, 0.2) is 0 Å². The molecular formula is C14H22ClNO. The van der Waals surface area contributed by atoms with Crippen LogP contribution in [0.2, 0.25) is 0 Å². The summed E-state index contributed by atoms with van der Waals surface area (Å²) in [6, 6.07) is 7.05. The van der Waals surface area contributed by atoms with Crippen molar-refractivity contribution in [1.82, 2.24) is 5.32 Å². The van der Waals surface area contributed by atoms with E-state index in [0.717, 1.165) is 25.1 Å². The Bertz CT molecular complexity index is 354. The highest BCUT2D eigenvalue weighted by atomic mass is 35.5. The van der Waals surface area contributed by atoms with Crippen LogP contribution in [0.1, 0.15) is 30.9 Å². The summed E-state index contributed by atoms with van der Waals surface area (Å²) in [5, 5.41) is 3.61. The molecule has 1 unspecified atom stereocenters. The normalized spacial score (nSPS) is 18.1. The summed E-state index contributed by atoms with van der Waals surface area (Å²) < 4.78 is 5.41. The third-order valence-electron chi connectivity index (χ3n) is 3.34. The SMILES string of the molecule is CCCNC1CCc2c(cccc2OC)C1.Cl. The van der Waals surface area contributed by atoms with Crippen molar-refractivity contribution in [3.63, 3.8) is 0 Å². The van der Waals surface area contributed by atoms with Gasteiger partial charge in [-0.3, -0.25) is 0 Å². The summed E-state index contributed by atoms with van der Waals surface area (Å²) in [7, 11) is 1.76. The number of fused-ring (bicyclic) bond motifs is 1. The second-order valence-corrected chi connectivity index (χ2v) is 4.49. The Kier molecular flexibility index (Phi) is 5.79. The number of methoxy groups -OCH3 is 1. The Morgan fingerprint density at radius 3 is 2.94 bits per heavy atom. The van der Waals surface area contributed by atoms with Crippen LogP contribution in [0.15, 0.2) is 18.2 Å². The lowest BCUT2D eigenvalue weighted by Gasteiger charge is -2.26. The first-order chi connectivity index (χ1) is 7.85. The van der Waals surface area contributed by atoms with E-state index in [0.29, 0.717) is 6.04 Å². The van der Waals surface area contributed by atoms with Gasteiger partial charge in [-0.2, -0.15) is 0 Å². The Labute approximate surface area is 110 Å². The van der Waals surface area contributed by atoms with Gasteiger partial charge in [0, 0.05) is 6.04 Å². The first kappa shape index (κ1) is 14.3. The molecule has 0 fully saturated rings. The molecule has 17 heavy (non-hydrogen) atoms. The molecule has 0 bridgehead atoms. The van der Waals surface area contributed by atoms with Crippen LogP contribution in [0.25, 0.3) is 0 Å². The van der Waals surface area contributed by atoms with E-state index in [9.17, 15) is 0 Å². The minimum atomic E-state index is 0. The van der Waals surface area contributed by atoms with Gasteiger partial charge < -0.3 is 10.1 Å². The van der Waals surface area contributed by atoms with E-state index in [1.54, 1.807) is 7.11 Å². The summed E-state index contributed by atoms with van der Waals surface area (Å²) >= 11 is 0. The molecule has 0 amide bonds. The first-order valence-corrected chi connectivity index (χ1v) is 6.23. The van der Waals surface area contributed by atoms with Crippen molar-refractivity contribution in [2.24, 2.45) is 0 Å². The van der Waals surface area contributed by atoms with E-state index in [1.807, 2.05) is 0 Å². The Hall–Kier alpha value is -0.730. The molecule has 1 N–H and O–H groups in total. The number of ether oxygens (including phenoxy) is 1. The van der Waals surface area contributed by atoms with Gasteiger partial charge in [-0.25, -0.2) is 0 Å². The predicted octanol–water partition coefficient (Wildman–Crippen LogP) is 2.97. The number of benzene rings is 1.